The fraction of sp³-hybridized carbons (Fsp3) is 0.200. The molecule has 0 aliphatic rings. The molecule has 0 aliphatic carbocycles. The van der Waals surface area contributed by atoms with Crippen molar-refractivity contribution in [2.75, 3.05) is 0 Å². The molecule has 0 saturated carbocycles. The Bertz CT molecular complexity index is 788. The highest BCUT2D eigenvalue weighted by Gasteiger charge is 2.14. The normalized spacial score (nSPS) is 11.9. The predicted molar refractivity (Wildman–Crippen MR) is 99.6 cm³/mol. The van der Waals surface area contributed by atoms with E-state index in [1.807, 2.05) is 37.3 Å². The Morgan fingerprint density at radius 2 is 1.96 bits per heavy atom. The molecule has 0 bridgehead atoms. The number of rotatable bonds is 8. The summed E-state index contributed by atoms with van der Waals surface area (Å²) in [5, 5.41) is 12.6. The van der Waals surface area contributed by atoms with Gasteiger partial charge in [-0.15, -0.1) is 0 Å². The van der Waals surface area contributed by atoms with Crippen molar-refractivity contribution in [2.45, 2.75) is 26.0 Å². The van der Waals surface area contributed by atoms with Gasteiger partial charge in [-0.3, -0.25) is 9.59 Å². The third-order valence-electron chi connectivity index (χ3n) is 3.59. The van der Waals surface area contributed by atoms with Crippen LogP contribution in [0.25, 0.3) is 6.08 Å². The maximum absolute atomic E-state index is 12.1. The number of amides is 2. The number of hydrogen-bond acceptors (Lipinski definition) is 4. The van der Waals surface area contributed by atoms with Gasteiger partial charge < -0.3 is 20.9 Å². The molecule has 0 radical (unpaired) electrons. The van der Waals surface area contributed by atoms with Crippen LogP contribution in [0.1, 0.15) is 35.7 Å². The maximum Gasteiger partial charge on any atom is 0.252 e. The van der Waals surface area contributed by atoms with Crippen LogP contribution in [-0.4, -0.2) is 23.1 Å². The monoisotopic (exact) mass is 354 g/mol. The van der Waals surface area contributed by atoms with Gasteiger partial charge in [-0.05, 0) is 23.8 Å². The van der Waals surface area contributed by atoms with E-state index < -0.39 is 12.1 Å². The molecule has 2 amide bonds. The number of hydrogen-bond donors (Lipinski definition) is 3. The molecule has 0 aromatic heterocycles. The summed E-state index contributed by atoms with van der Waals surface area (Å²) in [6.07, 6.45) is 3.97. The van der Waals surface area contributed by atoms with Crippen LogP contribution in [0, 0.1) is 0 Å². The number of nitrogens with one attached hydrogen (secondary N) is 1. The van der Waals surface area contributed by atoms with Crippen molar-refractivity contribution in [1.29, 1.82) is 0 Å². The summed E-state index contributed by atoms with van der Waals surface area (Å²) in [6, 6.07) is 13.7. The van der Waals surface area contributed by atoms with Crippen LogP contribution in [0.4, 0.5) is 0 Å². The fourth-order valence-electron chi connectivity index (χ4n) is 2.32. The second kappa shape index (κ2) is 9.27. The number of ether oxygens (including phenoxy) is 1. The first-order chi connectivity index (χ1) is 12.5. The first-order valence-electron chi connectivity index (χ1n) is 8.32. The van der Waals surface area contributed by atoms with Gasteiger partial charge in [0.15, 0.2) is 6.23 Å². The number of primary amides is 1. The third-order valence-corrected chi connectivity index (χ3v) is 3.59. The second-order valence-electron chi connectivity index (χ2n) is 5.69. The Balaban J connectivity index is 2.02. The van der Waals surface area contributed by atoms with E-state index in [1.54, 1.807) is 6.08 Å². The molecule has 0 spiro atoms. The van der Waals surface area contributed by atoms with Crippen LogP contribution in [0.15, 0.2) is 54.6 Å². The molecule has 0 fully saturated rings. The number of carbonyl (C=O) groups is 2. The van der Waals surface area contributed by atoms with Crippen LogP contribution >= 0.6 is 0 Å². The SMILES string of the molecule is CCCC(NC(=O)/C=C/c1ccccc1)Oc1ccc(C(N)=O)c(O)c1. The van der Waals surface area contributed by atoms with Gasteiger partial charge >= 0.3 is 0 Å². The van der Waals surface area contributed by atoms with Gasteiger partial charge in [-0.25, -0.2) is 0 Å². The van der Waals surface area contributed by atoms with E-state index in [9.17, 15) is 14.7 Å². The average Bonchev–Trinajstić information content (AvgIpc) is 2.61. The summed E-state index contributed by atoms with van der Waals surface area (Å²) in [5.41, 5.74) is 6.09. The minimum Gasteiger partial charge on any atom is -0.507 e. The van der Waals surface area contributed by atoms with Crippen molar-refractivity contribution in [3.05, 3.63) is 65.7 Å². The van der Waals surface area contributed by atoms with Crippen molar-refractivity contribution >= 4 is 17.9 Å². The highest BCUT2D eigenvalue weighted by atomic mass is 16.5. The molecular formula is C20H22N2O4. The molecule has 0 heterocycles. The van der Waals surface area contributed by atoms with Crippen LogP contribution in [-0.2, 0) is 4.79 Å². The molecule has 6 heteroatoms. The standard InChI is InChI=1S/C20H22N2O4/c1-2-6-19(22-18(24)12-9-14-7-4-3-5-8-14)26-15-10-11-16(20(21)25)17(23)13-15/h3-5,7-13,19,23H,2,6H2,1H3,(H2,21,25)(H,22,24)/b12-9+. The minimum atomic E-state index is -0.724. The van der Waals surface area contributed by atoms with Gasteiger partial charge in [0.2, 0.25) is 5.91 Å². The summed E-state index contributed by atoms with van der Waals surface area (Å²) >= 11 is 0. The molecule has 0 saturated heterocycles. The fourth-order valence-corrected chi connectivity index (χ4v) is 2.32. The van der Waals surface area contributed by atoms with Gasteiger partial charge in [0.05, 0.1) is 5.56 Å². The van der Waals surface area contributed by atoms with Crippen molar-refractivity contribution in [3.8, 4) is 11.5 Å². The lowest BCUT2D eigenvalue weighted by Gasteiger charge is -2.19. The zero-order chi connectivity index (χ0) is 18.9. The molecule has 136 valence electrons. The molecule has 1 unspecified atom stereocenters. The summed E-state index contributed by atoms with van der Waals surface area (Å²) < 4.78 is 5.72. The molecule has 2 aromatic carbocycles. The lowest BCUT2D eigenvalue weighted by molar-refractivity contribution is -0.118. The zero-order valence-electron chi connectivity index (χ0n) is 14.5. The van der Waals surface area contributed by atoms with E-state index in [0.29, 0.717) is 12.2 Å². The van der Waals surface area contributed by atoms with E-state index in [2.05, 4.69) is 5.32 Å². The van der Waals surface area contributed by atoms with Crippen molar-refractivity contribution in [3.63, 3.8) is 0 Å². The molecule has 6 nitrogen and oxygen atoms in total. The van der Waals surface area contributed by atoms with Crippen molar-refractivity contribution in [1.82, 2.24) is 5.32 Å². The molecule has 2 aromatic rings. The topological polar surface area (TPSA) is 102 Å². The number of carbonyl (C=O) groups excluding carboxylic acids is 2. The highest BCUT2D eigenvalue weighted by Crippen LogP contribution is 2.24. The smallest absolute Gasteiger partial charge is 0.252 e. The Morgan fingerprint density at radius 1 is 1.23 bits per heavy atom. The predicted octanol–water partition coefficient (Wildman–Crippen LogP) is 2.83. The molecule has 0 aliphatic heterocycles. The summed E-state index contributed by atoms with van der Waals surface area (Å²) in [6.45, 7) is 1.97. The van der Waals surface area contributed by atoms with E-state index >= 15 is 0 Å². The van der Waals surface area contributed by atoms with Crippen LogP contribution in [0.2, 0.25) is 0 Å². The largest absolute Gasteiger partial charge is 0.507 e. The Morgan fingerprint density at radius 3 is 2.58 bits per heavy atom. The zero-order valence-corrected chi connectivity index (χ0v) is 14.5. The Hall–Kier alpha value is -3.28. The maximum atomic E-state index is 12.1. The number of benzene rings is 2. The average molecular weight is 354 g/mol. The van der Waals surface area contributed by atoms with Crippen molar-refractivity contribution < 1.29 is 19.4 Å². The Kier molecular flexibility index (Phi) is 6.79. The third kappa shape index (κ3) is 5.66. The molecular weight excluding hydrogens is 332 g/mol. The van der Waals surface area contributed by atoms with Gasteiger partial charge in [0.1, 0.15) is 11.5 Å². The first kappa shape index (κ1) is 19.1. The van der Waals surface area contributed by atoms with E-state index in [0.717, 1.165) is 12.0 Å². The number of nitrogens with two attached hydrogens (primary N) is 1. The molecule has 4 N–H and O–H groups in total. The van der Waals surface area contributed by atoms with E-state index in [-0.39, 0.29) is 17.2 Å². The Labute approximate surface area is 152 Å². The first-order valence-corrected chi connectivity index (χ1v) is 8.32. The molecule has 1 atom stereocenters. The summed E-state index contributed by atoms with van der Waals surface area (Å²) in [4.78, 5) is 23.3. The van der Waals surface area contributed by atoms with Gasteiger partial charge in [0, 0.05) is 18.6 Å². The lowest BCUT2D eigenvalue weighted by Crippen LogP contribution is -2.38. The number of aromatic hydroxyl groups is 1. The minimum absolute atomic E-state index is 0.0132. The quantitative estimate of drug-likeness (QED) is 0.501. The molecule has 26 heavy (non-hydrogen) atoms. The van der Waals surface area contributed by atoms with Gasteiger partial charge in [-0.1, -0.05) is 43.7 Å². The highest BCUT2D eigenvalue weighted by molar-refractivity contribution is 5.95. The van der Waals surface area contributed by atoms with E-state index in [1.165, 1.54) is 24.3 Å². The number of phenols is 1. The van der Waals surface area contributed by atoms with Crippen LogP contribution in [0.5, 0.6) is 11.5 Å². The van der Waals surface area contributed by atoms with Crippen LogP contribution in [0.3, 0.4) is 0 Å². The van der Waals surface area contributed by atoms with Gasteiger partial charge in [-0.2, -0.15) is 0 Å². The summed E-state index contributed by atoms with van der Waals surface area (Å²) in [5.74, 6) is -0.942. The molecule has 2 rings (SSSR count). The van der Waals surface area contributed by atoms with Crippen LogP contribution < -0.4 is 15.8 Å². The lowest BCUT2D eigenvalue weighted by atomic mass is 10.2. The van der Waals surface area contributed by atoms with Crippen molar-refractivity contribution in [2.24, 2.45) is 5.73 Å². The van der Waals surface area contributed by atoms with Gasteiger partial charge in [0.25, 0.3) is 5.91 Å². The van der Waals surface area contributed by atoms with E-state index in [4.69, 9.17) is 10.5 Å². The second-order valence-corrected chi connectivity index (χ2v) is 5.69. The summed E-state index contributed by atoms with van der Waals surface area (Å²) in [7, 11) is 0.